The number of aliphatic hydroxyl groups excluding tert-OH is 1. The van der Waals surface area contributed by atoms with Gasteiger partial charge < -0.3 is 14.9 Å². The molecule has 0 aromatic heterocycles. The van der Waals surface area contributed by atoms with Gasteiger partial charge in [0, 0.05) is 6.42 Å². The summed E-state index contributed by atoms with van der Waals surface area (Å²) < 4.78 is 14.4. The number of hydrogen-bond donors (Lipinski definition) is 3. The van der Waals surface area contributed by atoms with Crippen molar-refractivity contribution < 1.29 is 28.8 Å². The topological polar surface area (TPSA) is 104 Å². The third-order valence-electron chi connectivity index (χ3n) is 3.79. The van der Waals surface area contributed by atoms with Crippen LogP contribution in [0.3, 0.4) is 0 Å². The first-order valence-corrected chi connectivity index (χ1v) is 10.3. The summed E-state index contributed by atoms with van der Waals surface area (Å²) in [4.78, 5) is 28.4. The molecule has 138 valence electrons. The van der Waals surface area contributed by atoms with Gasteiger partial charge in [-0.1, -0.05) is 77.6 Å². The van der Waals surface area contributed by atoms with Crippen molar-refractivity contribution in [3.8, 4) is 0 Å². The average Bonchev–Trinajstić information content (AvgIpc) is 2.46. The summed E-state index contributed by atoms with van der Waals surface area (Å²) in [5, 5.41) is 9.17. The number of Topliss-reactive ketones (excluding diaryl/α,β-unsaturated/α-hetero) is 1. The summed E-state index contributed by atoms with van der Waals surface area (Å²) in [5.74, 6) is -0.680. The third-order valence-corrected chi connectivity index (χ3v) is 4.26. The van der Waals surface area contributed by atoms with Gasteiger partial charge in [-0.15, -0.1) is 0 Å². The van der Waals surface area contributed by atoms with E-state index in [-0.39, 0.29) is 6.42 Å². The molecular formula is C16H33O6P. The van der Waals surface area contributed by atoms with Crippen LogP contribution in [0, 0.1) is 0 Å². The number of unbranched alkanes of at least 4 members (excludes halogenated alkanes) is 11. The molecule has 0 aliphatic heterocycles. The minimum Gasteiger partial charge on any atom is -0.362 e. The lowest BCUT2D eigenvalue weighted by Crippen LogP contribution is -2.22. The summed E-state index contributed by atoms with van der Waals surface area (Å²) in [6, 6.07) is 0. The molecule has 0 fully saturated rings. The van der Waals surface area contributed by atoms with Crippen molar-refractivity contribution in [3.05, 3.63) is 0 Å². The molecule has 0 aliphatic carbocycles. The Hall–Kier alpha value is -0.260. The molecule has 0 rings (SSSR count). The van der Waals surface area contributed by atoms with E-state index in [1.807, 2.05) is 0 Å². The second-order valence-electron chi connectivity index (χ2n) is 6.05. The van der Waals surface area contributed by atoms with Crippen molar-refractivity contribution >= 4 is 13.6 Å². The SMILES string of the molecule is CCCCCCCCCCCCCCC(=O)C(O)OP(=O)(O)O. The number of aliphatic hydroxyl groups is 1. The van der Waals surface area contributed by atoms with Crippen molar-refractivity contribution in [3.63, 3.8) is 0 Å². The number of hydrogen-bond acceptors (Lipinski definition) is 4. The van der Waals surface area contributed by atoms with Crippen molar-refractivity contribution in [1.29, 1.82) is 0 Å². The van der Waals surface area contributed by atoms with Crippen LogP contribution < -0.4 is 0 Å². The number of phosphoric acid groups is 1. The highest BCUT2D eigenvalue weighted by Gasteiger charge is 2.25. The molecule has 6 nitrogen and oxygen atoms in total. The number of carbonyl (C=O) groups excluding carboxylic acids is 1. The van der Waals surface area contributed by atoms with Gasteiger partial charge >= 0.3 is 7.82 Å². The van der Waals surface area contributed by atoms with Crippen LogP contribution in [0.25, 0.3) is 0 Å². The zero-order valence-electron chi connectivity index (χ0n) is 14.3. The van der Waals surface area contributed by atoms with E-state index in [0.717, 1.165) is 19.3 Å². The van der Waals surface area contributed by atoms with Crippen LogP contribution >= 0.6 is 7.82 Å². The van der Waals surface area contributed by atoms with E-state index in [1.165, 1.54) is 51.4 Å². The highest BCUT2D eigenvalue weighted by molar-refractivity contribution is 7.46. The van der Waals surface area contributed by atoms with Crippen LogP contribution in [0.15, 0.2) is 0 Å². The Balaban J connectivity index is 3.36. The molecule has 0 aromatic rings. The Kier molecular flexibility index (Phi) is 14.0. The lowest BCUT2D eigenvalue weighted by molar-refractivity contribution is -0.143. The first-order valence-electron chi connectivity index (χ1n) is 8.81. The zero-order valence-corrected chi connectivity index (χ0v) is 15.2. The maximum atomic E-state index is 11.4. The molecular weight excluding hydrogens is 319 g/mol. The second kappa shape index (κ2) is 14.1. The Bertz CT molecular complexity index is 341. The summed E-state index contributed by atoms with van der Waals surface area (Å²) in [5.41, 5.74) is 0. The molecule has 1 atom stereocenters. The molecule has 7 heteroatoms. The molecule has 0 saturated heterocycles. The first kappa shape index (κ1) is 22.7. The van der Waals surface area contributed by atoms with Gasteiger partial charge in [0.2, 0.25) is 6.29 Å². The van der Waals surface area contributed by atoms with E-state index in [0.29, 0.717) is 6.42 Å². The average molecular weight is 352 g/mol. The predicted octanol–water partition coefficient (Wildman–Crippen LogP) is 4.07. The molecule has 0 bridgehead atoms. The van der Waals surface area contributed by atoms with Gasteiger partial charge in [0.05, 0.1) is 0 Å². The van der Waals surface area contributed by atoms with E-state index in [9.17, 15) is 9.36 Å². The fraction of sp³-hybridized carbons (Fsp3) is 0.938. The van der Waals surface area contributed by atoms with Crippen molar-refractivity contribution in [2.75, 3.05) is 0 Å². The Morgan fingerprint density at radius 2 is 1.26 bits per heavy atom. The smallest absolute Gasteiger partial charge is 0.362 e. The highest BCUT2D eigenvalue weighted by Crippen LogP contribution is 2.37. The predicted molar refractivity (Wildman–Crippen MR) is 89.8 cm³/mol. The standard InChI is InChI=1S/C16H33O6P/c1-2-3-4-5-6-7-8-9-10-11-12-13-14-15(17)16(18)22-23(19,20)21/h16,18H,2-14H2,1H3,(H2,19,20,21). The summed E-state index contributed by atoms with van der Waals surface area (Å²) in [6.45, 7) is 2.22. The maximum Gasteiger partial charge on any atom is 0.472 e. The van der Waals surface area contributed by atoms with Crippen LogP contribution in [0.4, 0.5) is 0 Å². The van der Waals surface area contributed by atoms with Crippen LogP contribution in [0.1, 0.15) is 90.4 Å². The second-order valence-corrected chi connectivity index (χ2v) is 7.25. The first-order chi connectivity index (χ1) is 10.9. The quantitative estimate of drug-likeness (QED) is 0.220. The third kappa shape index (κ3) is 16.4. The van der Waals surface area contributed by atoms with E-state index in [4.69, 9.17) is 14.9 Å². The largest absolute Gasteiger partial charge is 0.472 e. The molecule has 23 heavy (non-hydrogen) atoms. The Morgan fingerprint density at radius 3 is 1.65 bits per heavy atom. The van der Waals surface area contributed by atoms with Crippen LogP contribution in [-0.2, 0) is 13.9 Å². The summed E-state index contributed by atoms with van der Waals surface area (Å²) in [7, 11) is -4.82. The van der Waals surface area contributed by atoms with Gasteiger partial charge in [-0.05, 0) is 6.42 Å². The number of phosphoric ester groups is 1. The van der Waals surface area contributed by atoms with Crippen LogP contribution in [0.5, 0.6) is 0 Å². The maximum absolute atomic E-state index is 11.4. The Morgan fingerprint density at radius 1 is 0.870 bits per heavy atom. The van der Waals surface area contributed by atoms with E-state index < -0.39 is 19.9 Å². The molecule has 0 amide bonds. The van der Waals surface area contributed by atoms with Crippen molar-refractivity contribution in [2.45, 2.75) is 96.7 Å². The van der Waals surface area contributed by atoms with E-state index in [1.54, 1.807) is 0 Å². The van der Waals surface area contributed by atoms with Gasteiger partial charge in [0.1, 0.15) is 0 Å². The minimum absolute atomic E-state index is 0.0819. The normalized spacial score (nSPS) is 13.2. The van der Waals surface area contributed by atoms with Crippen LogP contribution in [-0.4, -0.2) is 27.0 Å². The summed E-state index contributed by atoms with van der Waals surface area (Å²) in [6.07, 6.45) is 12.1. The molecule has 0 spiro atoms. The van der Waals surface area contributed by atoms with Crippen LogP contribution in [0.2, 0.25) is 0 Å². The molecule has 0 saturated carbocycles. The van der Waals surface area contributed by atoms with Gasteiger partial charge in [0.25, 0.3) is 0 Å². The minimum atomic E-state index is -4.82. The zero-order chi connectivity index (χ0) is 17.6. The molecule has 0 aromatic carbocycles. The number of rotatable bonds is 16. The fourth-order valence-corrected chi connectivity index (χ4v) is 2.83. The van der Waals surface area contributed by atoms with Gasteiger partial charge in [0.15, 0.2) is 5.78 Å². The lowest BCUT2D eigenvalue weighted by Gasteiger charge is -2.11. The molecule has 3 N–H and O–H groups in total. The van der Waals surface area contributed by atoms with Gasteiger partial charge in [-0.2, -0.15) is 0 Å². The van der Waals surface area contributed by atoms with Gasteiger partial charge in [-0.3, -0.25) is 4.79 Å². The summed E-state index contributed by atoms with van der Waals surface area (Å²) >= 11 is 0. The molecule has 0 aliphatic rings. The monoisotopic (exact) mass is 352 g/mol. The fourth-order valence-electron chi connectivity index (χ4n) is 2.45. The number of carbonyl (C=O) groups is 1. The van der Waals surface area contributed by atoms with E-state index in [2.05, 4.69) is 11.4 Å². The van der Waals surface area contributed by atoms with E-state index >= 15 is 0 Å². The van der Waals surface area contributed by atoms with Crippen molar-refractivity contribution in [2.24, 2.45) is 0 Å². The van der Waals surface area contributed by atoms with Crippen molar-refractivity contribution in [1.82, 2.24) is 0 Å². The lowest BCUT2D eigenvalue weighted by atomic mass is 10.0. The molecule has 1 unspecified atom stereocenters. The molecule has 0 heterocycles. The van der Waals surface area contributed by atoms with Gasteiger partial charge in [-0.25, -0.2) is 9.09 Å². The Labute approximate surface area is 139 Å². The molecule has 0 radical (unpaired) electrons. The highest BCUT2D eigenvalue weighted by atomic mass is 31.2. The number of ketones is 1.